The van der Waals surface area contributed by atoms with E-state index in [0.29, 0.717) is 0 Å². The molecule has 0 heterocycles. The summed E-state index contributed by atoms with van der Waals surface area (Å²) in [4.78, 5) is 0.994. The number of ether oxygens (including phenoxy) is 1. The summed E-state index contributed by atoms with van der Waals surface area (Å²) < 4.78 is 5.20. The molecular formula is C10H14O2S. The maximum atomic E-state index is 8.81. The number of benzene rings is 1. The second-order valence-electron chi connectivity index (χ2n) is 2.86. The van der Waals surface area contributed by atoms with Crippen molar-refractivity contribution in [3.63, 3.8) is 0 Å². The number of rotatable bonds is 3. The van der Waals surface area contributed by atoms with Gasteiger partial charge < -0.3 is 9.84 Å². The maximum absolute atomic E-state index is 8.81. The van der Waals surface area contributed by atoms with Gasteiger partial charge in [-0.1, -0.05) is 11.8 Å². The Labute approximate surface area is 82.9 Å². The zero-order valence-electron chi connectivity index (χ0n) is 8.13. The number of aliphatic hydroxyl groups excluding tert-OH is 1. The van der Waals surface area contributed by atoms with Crippen molar-refractivity contribution in [1.82, 2.24) is 0 Å². The summed E-state index contributed by atoms with van der Waals surface area (Å²) in [7, 11) is 1.64. The molecule has 0 unspecified atom stereocenters. The lowest BCUT2D eigenvalue weighted by Gasteiger charge is -2.09. The van der Waals surface area contributed by atoms with Gasteiger partial charge in [0, 0.05) is 0 Å². The molecule has 0 aromatic heterocycles. The van der Waals surface area contributed by atoms with Crippen molar-refractivity contribution < 1.29 is 9.84 Å². The molecule has 72 valence electrons. The lowest BCUT2D eigenvalue weighted by atomic mass is 10.1. The van der Waals surface area contributed by atoms with E-state index in [9.17, 15) is 0 Å². The highest BCUT2D eigenvalue weighted by molar-refractivity contribution is 7.99. The van der Waals surface area contributed by atoms with Crippen LogP contribution in [-0.4, -0.2) is 18.2 Å². The first-order valence-corrected chi connectivity index (χ1v) is 5.06. The molecule has 0 saturated carbocycles. The van der Waals surface area contributed by atoms with Crippen LogP contribution in [0.2, 0.25) is 0 Å². The summed E-state index contributed by atoms with van der Waals surface area (Å²) in [5.41, 5.74) is 2.43. The van der Waals surface area contributed by atoms with Crippen LogP contribution in [0.15, 0.2) is 17.0 Å². The third kappa shape index (κ3) is 2.39. The fraction of sp³-hybridized carbons (Fsp3) is 0.400. The van der Waals surface area contributed by atoms with E-state index in [1.54, 1.807) is 7.11 Å². The summed E-state index contributed by atoms with van der Waals surface area (Å²) >= 11 is 1.38. The highest BCUT2D eigenvalue weighted by atomic mass is 32.2. The van der Waals surface area contributed by atoms with Gasteiger partial charge in [-0.15, -0.1) is 0 Å². The monoisotopic (exact) mass is 198 g/mol. The van der Waals surface area contributed by atoms with Gasteiger partial charge in [-0.3, -0.25) is 0 Å². The molecule has 0 radical (unpaired) electrons. The Morgan fingerprint density at radius 1 is 1.31 bits per heavy atom. The van der Waals surface area contributed by atoms with Crippen molar-refractivity contribution in [2.75, 3.05) is 13.0 Å². The predicted octanol–water partition coefficient (Wildman–Crippen LogP) is 2.35. The standard InChI is InChI=1S/C10H14O2S/c1-7-4-9(12-3)10(13-6-11)5-8(7)2/h4-5,11H,6H2,1-3H3. The lowest BCUT2D eigenvalue weighted by molar-refractivity contribution is 0.373. The molecule has 0 aliphatic carbocycles. The van der Waals surface area contributed by atoms with Gasteiger partial charge in [-0.05, 0) is 37.1 Å². The lowest BCUT2D eigenvalue weighted by Crippen LogP contribution is -1.90. The van der Waals surface area contributed by atoms with E-state index in [1.807, 2.05) is 19.1 Å². The zero-order chi connectivity index (χ0) is 9.84. The van der Waals surface area contributed by atoms with E-state index in [0.717, 1.165) is 10.6 Å². The van der Waals surface area contributed by atoms with E-state index in [1.165, 1.54) is 22.9 Å². The second kappa shape index (κ2) is 4.53. The van der Waals surface area contributed by atoms with Crippen LogP contribution in [0.5, 0.6) is 5.75 Å². The minimum absolute atomic E-state index is 0.0822. The minimum atomic E-state index is 0.0822. The molecule has 2 nitrogen and oxygen atoms in total. The molecule has 0 amide bonds. The van der Waals surface area contributed by atoms with Crippen molar-refractivity contribution in [2.45, 2.75) is 18.7 Å². The largest absolute Gasteiger partial charge is 0.496 e. The van der Waals surface area contributed by atoms with Crippen molar-refractivity contribution in [3.8, 4) is 5.75 Å². The highest BCUT2D eigenvalue weighted by Gasteiger charge is 2.05. The Morgan fingerprint density at radius 2 is 1.92 bits per heavy atom. The third-order valence-electron chi connectivity index (χ3n) is 2.00. The number of aliphatic hydroxyl groups is 1. The van der Waals surface area contributed by atoms with Crippen LogP contribution in [0.25, 0.3) is 0 Å². The maximum Gasteiger partial charge on any atom is 0.132 e. The molecule has 0 spiro atoms. The van der Waals surface area contributed by atoms with E-state index < -0.39 is 0 Å². The fourth-order valence-electron chi connectivity index (χ4n) is 1.11. The first-order valence-electron chi connectivity index (χ1n) is 4.08. The third-order valence-corrected chi connectivity index (χ3v) is 2.76. The van der Waals surface area contributed by atoms with E-state index in [2.05, 4.69) is 6.92 Å². The molecule has 0 aliphatic rings. The first kappa shape index (κ1) is 10.4. The highest BCUT2D eigenvalue weighted by Crippen LogP contribution is 2.31. The van der Waals surface area contributed by atoms with Crippen LogP contribution in [0.1, 0.15) is 11.1 Å². The van der Waals surface area contributed by atoms with Gasteiger partial charge >= 0.3 is 0 Å². The Balaban J connectivity index is 3.09. The second-order valence-corrected chi connectivity index (χ2v) is 3.85. The molecule has 0 bridgehead atoms. The number of hydrogen-bond acceptors (Lipinski definition) is 3. The Morgan fingerprint density at radius 3 is 2.46 bits per heavy atom. The molecule has 1 N–H and O–H groups in total. The van der Waals surface area contributed by atoms with E-state index in [-0.39, 0.29) is 5.94 Å². The summed E-state index contributed by atoms with van der Waals surface area (Å²) in [5.74, 6) is 0.918. The SMILES string of the molecule is COc1cc(C)c(C)cc1SCO. The topological polar surface area (TPSA) is 29.5 Å². The van der Waals surface area contributed by atoms with Crippen molar-refractivity contribution in [3.05, 3.63) is 23.3 Å². The van der Waals surface area contributed by atoms with Crippen molar-refractivity contribution in [2.24, 2.45) is 0 Å². The summed E-state index contributed by atoms with van der Waals surface area (Å²) in [6.45, 7) is 4.10. The molecule has 1 aromatic carbocycles. The van der Waals surface area contributed by atoms with Gasteiger partial charge in [-0.2, -0.15) is 0 Å². The average Bonchev–Trinajstić information content (AvgIpc) is 2.11. The van der Waals surface area contributed by atoms with Crippen LogP contribution in [-0.2, 0) is 0 Å². The Kier molecular flexibility index (Phi) is 3.63. The first-order chi connectivity index (χ1) is 6.19. The molecular weight excluding hydrogens is 184 g/mol. The van der Waals surface area contributed by atoms with Crippen molar-refractivity contribution >= 4 is 11.8 Å². The summed E-state index contributed by atoms with van der Waals surface area (Å²) in [5, 5.41) is 8.81. The Hall–Kier alpha value is -0.670. The number of thioether (sulfide) groups is 1. The van der Waals surface area contributed by atoms with Crippen LogP contribution >= 0.6 is 11.8 Å². The summed E-state index contributed by atoms with van der Waals surface area (Å²) in [6, 6.07) is 4.03. The Bertz CT molecular complexity index is 297. The normalized spacial score (nSPS) is 10.2. The fourth-order valence-corrected chi connectivity index (χ4v) is 1.79. The van der Waals surface area contributed by atoms with E-state index >= 15 is 0 Å². The van der Waals surface area contributed by atoms with Crippen LogP contribution in [0.4, 0.5) is 0 Å². The smallest absolute Gasteiger partial charge is 0.132 e. The van der Waals surface area contributed by atoms with Crippen molar-refractivity contribution in [1.29, 1.82) is 0 Å². The van der Waals surface area contributed by atoms with Gasteiger partial charge in [0.25, 0.3) is 0 Å². The van der Waals surface area contributed by atoms with Crippen LogP contribution in [0.3, 0.4) is 0 Å². The number of hydrogen-bond donors (Lipinski definition) is 1. The predicted molar refractivity (Wildman–Crippen MR) is 55.4 cm³/mol. The van der Waals surface area contributed by atoms with E-state index in [4.69, 9.17) is 9.84 Å². The quantitative estimate of drug-likeness (QED) is 0.597. The zero-order valence-corrected chi connectivity index (χ0v) is 8.94. The van der Waals surface area contributed by atoms with Crippen LogP contribution < -0.4 is 4.74 Å². The van der Waals surface area contributed by atoms with Crippen LogP contribution in [0, 0.1) is 13.8 Å². The number of aryl methyl sites for hydroxylation is 2. The van der Waals surface area contributed by atoms with Gasteiger partial charge in [0.1, 0.15) is 5.75 Å². The molecule has 0 saturated heterocycles. The summed E-state index contributed by atoms with van der Waals surface area (Å²) in [6.07, 6.45) is 0. The van der Waals surface area contributed by atoms with Gasteiger partial charge in [0.2, 0.25) is 0 Å². The molecule has 1 aromatic rings. The molecule has 13 heavy (non-hydrogen) atoms. The molecule has 0 aliphatic heterocycles. The van der Waals surface area contributed by atoms with Gasteiger partial charge in [0.15, 0.2) is 0 Å². The number of methoxy groups -OCH3 is 1. The average molecular weight is 198 g/mol. The van der Waals surface area contributed by atoms with Gasteiger partial charge in [-0.25, -0.2) is 0 Å². The molecule has 1 rings (SSSR count). The molecule has 3 heteroatoms. The minimum Gasteiger partial charge on any atom is -0.496 e. The molecule has 0 fully saturated rings. The molecule has 0 atom stereocenters. The van der Waals surface area contributed by atoms with Gasteiger partial charge in [0.05, 0.1) is 17.9 Å².